The van der Waals surface area contributed by atoms with Gasteiger partial charge in [-0.1, -0.05) is 69.4 Å². The Bertz CT molecular complexity index is 757. The Kier molecular flexibility index (Phi) is 9.77. The minimum atomic E-state index is -0.590. The van der Waals surface area contributed by atoms with Crippen LogP contribution in [-0.2, 0) is 23.8 Å². The van der Waals surface area contributed by atoms with Crippen molar-refractivity contribution in [3.63, 3.8) is 0 Å². The number of benzene rings is 1. The SMILES string of the molecule is Br.CCCCCCCCC(=O)OC[C@@H](C(=O)OC1C[C@@H]2[C@H]3O[C@H]3[C@H](C1)N2C)c1ccccc1. The lowest BCUT2D eigenvalue weighted by atomic mass is 9.97. The Labute approximate surface area is 208 Å². The highest BCUT2D eigenvalue weighted by Crippen LogP contribution is 2.48. The quantitative estimate of drug-likeness (QED) is 0.222. The fourth-order valence-electron chi connectivity index (χ4n) is 5.33. The number of piperidine rings is 1. The first kappa shape index (κ1) is 26.2. The number of esters is 2. The highest BCUT2D eigenvalue weighted by atomic mass is 79.9. The van der Waals surface area contributed by atoms with Gasteiger partial charge < -0.3 is 14.2 Å². The van der Waals surface area contributed by atoms with Gasteiger partial charge in [0.25, 0.3) is 0 Å². The van der Waals surface area contributed by atoms with Crippen LogP contribution in [0.15, 0.2) is 30.3 Å². The normalized spacial score (nSPS) is 28.4. The van der Waals surface area contributed by atoms with Crippen molar-refractivity contribution in [2.24, 2.45) is 0 Å². The third-order valence-corrected chi connectivity index (χ3v) is 7.29. The van der Waals surface area contributed by atoms with E-state index in [0.29, 0.717) is 30.7 Å². The second-order valence-electron chi connectivity index (χ2n) is 9.56. The number of unbranched alkanes of at least 4 members (excludes halogenated alkanes) is 5. The van der Waals surface area contributed by atoms with Gasteiger partial charge in [-0.15, -0.1) is 17.0 Å². The molecule has 3 heterocycles. The molecule has 0 amide bonds. The molecule has 33 heavy (non-hydrogen) atoms. The second kappa shape index (κ2) is 12.3. The summed E-state index contributed by atoms with van der Waals surface area (Å²) in [5.41, 5.74) is 0.826. The van der Waals surface area contributed by atoms with Crippen molar-refractivity contribution in [2.45, 2.75) is 101 Å². The van der Waals surface area contributed by atoms with Crippen molar-refractivity contribution in [2.75, 3.05) is 13.7 Å². The van der Waals surface area contributed by atoms with E-state index in [9.17, 15) is 9.59 Å². The lowest BCUT2D eigenvalue weighted by Gasteiger charge is -2.38. The number of fused-ring (bicyclic) bond motifs is 5. The molecule has 0 spiro atoms. The van der Waals surface area contributed by atoms with E-state index in [-0.39, 0.29) is 41.6 Å². The molecule has 3 aliphatic rings. The molecule has 2 bridgehead atoms. The first-order valence-corrected chi connectivity index (χ1v) is 12.4. The average molecular weight is 524 g/mol. The molecule has 3 fully saturated rings. The molecule has 184 valence electrons. The summed E-state index contributed by atoms with van der Waals surface area (Å²) in [6.07, 6.45) is 9.26. The van der Waals surface area contributed by atoms with Crippen LogP contribution in [0.25, 0.3) is 0 Å². The minimum absolute atomic E-state index is 0. The molecule has 4 rings (SSSR count). The van der Waals surface area contributed by atoms with Crippen LogP contribution in [-0.4, -0.2) is 60.9 Å². The number of ether oxygens (including phenoxy) is 3. The van der Waals surface area contributed by atoms with E-state index in [1.165, 1.54) is 19.3 Å². The Balaban J connectivity index is 0.00000306. The van der Waals surface area contributed by atoms with Crippen molar-refractivity contribution in [3.05, 3.63) is 35.9 Å². The van der Waals surface area contributed by atoms with Crippen LogP contribution in [0.3, 0.4) is 0 Å². The lowest BCUT2D eigenvalue weighted by Crippen LogP contribution is -2.48. The van der Waals surface area contributed by atoms with E-state index in [1.54, 1.807) is 0 Å². The van der Waals surface area contributed by atoms with Crippen molar-refractivity contribution in [3.8, 4) is 0 Å². The predicted molar refractivity (Wildman–Crippen MR) is 132 cm³/mol. The molecule has 0 N–H and O–H groups in total. The van der Waals surface area contributed by atoms with Gasteiger partial charge in [0.1, 0.15) is 30.8 Å². The van der Waals surface area contributed by atoms with Gasteiger partial charge >= 0.3 is 11.9 Å². The van der Waals surface area contributed by atoms with Gasteiger partial charge in [0.05, 0.1) is 0 Å². The highest BCUT2D eigenvalue weighted by molar-refractivity contribution is 8.93. The number of halogens is 1. The zero-order valence-electron chi connectivity index (χ0n) is 19.8. The zero-order chi connectivity index (χ0) is 22.5. The van der Waals surface area contributed by atoms with Crippen molar-refractivity contribution in [1.82, 2.24) is 4.90 Å². The second-order valence-corrected chi connectivity index (χ2v) is 9.56. The van der Waals surface area contributed by atoms with E-state index in [2.05, 4.69) is 18.9 Å². The van der Waals surface area contributed by atoms with Gasteiger partial charge in [0.15, 0.2) is 0 Å². The summed E-state index contributed by atoms with van der Waals surface area (Å²) in [6, 6.07) is 10.2. The molecule has 3 aliphatic heterocycles. The molecule has 0 saturated carbocycles. The molecule has 6 atom stereocenters. The summed E-state index contributed by atoms with van der Waals surface area (Å²) < 4.78 is 17.2. The molecule has 1 aromatic rings. The average Bonchev–Trinajstić information content (AvgIpc) is 3.55. The van der Waals surface area contributed by atoms with Gasteiger partial charge in [-0.25, -0.2) is 0 Å². The number of rotatable bonds is 12. The molecule has 0 aliphatic carbocycles. The standard InChI is InChI=1S/C26H37NO5.BrH/c1-3-4-5-6-7-11-14-23(28)30-17-20(18-12-9-8-10-13-18)26(29)31-19-15-21-24-25(32-24)22(16-19)27(21)2;/h8-10,12-13,19-22,24-25H,3-7,11,14-17H2,1-2H3;1H/t19?,20-,21-,22+,24-,25+;/m1./s1. The maximum absolute atomic E-state index is 13.1. The smallest absolute Gasteiger partial charge is 0.317 e. The first-order valence-electron chi connectivity index (χ1n) is 12.4. The topological polar surface area (TPSA) is 68.4 Å². The molecule has 0 radical (unpaired) electrons. The third-order valence-electron chi connectivity index (χ3n) is 7.29. The predicted octanol–water partition coefficient (Wildman–Crippen LogP) is 4.80. The van der Waals surface area contributed by atoms with E-state index >= 15 is 0 Å². The van der Waals surface area contributed by atoms with Crippen molar-refractivity contribution in [1.29, 1.82) is 0 Å². The molecular formula is C26H38BrNO5. The van der Waals surface area contributed by atoms with E-state index in [1.807, 2.05) is 30.3 Å². The van der Waals surface area contributed by atoms with Gasteiger partial charge in [-0.3, -0.25) is 14.5 Å². The monoisotopic (exact) mass is 523 g/mol. The maximum Gasteiger partial charge on any atom is 0.317 e. The van der Waals surface area contributed by atoms with Crippen LogP contribution in [0.5, 0.6) is 0 Å². The van der Waals surface area contributed by atoms with Crippen LogP contribution in [0.4, 0.5) is 0 Å². The van der Waals surface area contributed by atoms with Crippen LogP contribution < -0.4 is 0 Å². The number of morpholine rings is 1. The first-order chi connectivity index (χ1) is 15.6. The third kappa shape index (κ3) is 6.58. The molecule has 0 aromatic heterocycles. The molecule has 1 aromatic carbocycles. The Morgan fingerprint density at radius 2 is 1.67 bits per heavy atom. The number of epoxide rings is 1. The van der Waals surface area contributed by atoms with Gasteiger partial charge in [-0.05, 0) is 19.0 Å². The summed E-state index contributed by atoms with van der Waals surface area (Å²) in [5, 5.41) is 0. The number of carbonyl (C=O) groups is 2. The van der Waals surface area contributed by atoms with Crippen LogP contribution >= 0.6 is 17.0 Å². The van der Waals surface area contributed by atoms with Crippen molar-refractivity contribution >= 4 is 28.9 Å². The Morgan fingerprint density at radius 1 is 1.03 bits per heavy atom. The summed E-state index contributed by atoms with van der Waals surface area (Å²) in [7, 11) is 2.14. The molecule has 6 nitrogen and oxygen atoms in total. The number of hydrogen-bond acceptors (Lipinski definition) is 6. The van der Waals surface area contributed by atoms with E-state index in [4.69, 9.17) is 14.2 Å². The minimum Gasteiger partial charge on any atom is -0.464 e. The molecule has 3 saturated heterocycles. The van der Waals surface area contributed by atoms with Crippen LogP contribution in [0.2, 0.25) is 0 Å². The van der Waals surface area contributed by atoms with Gasteiger partial charge in [0, 0.05) is 31.3 Å². The fraction of sp³-hybridized carbons (Fsp3) is 0.692. The van der Waals surface area contributed by atoms with E-state index in [0.717, 1.165) is 37.7 Å². The summed E-state index contributed by atoms with van der Waals surface area (Å²) >= 11 is 0. The largest absolute Gasteiger partial charge is 0.464 e. The Hall–Kier alpha value is -1.44. The number of likely N-dealkylation sites (N-methyl/N-ethyl adjacent to an activating group) is 1. The molecule has 7 heteroatoms. The lowest BCUT2D eigenvalue weighted by molar-refractivity contribution is -0.159. The molecular weight excluding hydrogens is 486 g/mol. The van der Waals surface area contributed by atoms with Gasteiger partial charge in [-0.2, -0.15) is 0 Å². The molecule has 1 unspecified atom stereocenters. The van der Waals surface area contributed by atoms with E-state index < -0.39 is 5.92 Å². The zero-order valence-corrected chi connectivity index (χ0v) is 21.5. The summed E-state index contributed by atoms with van der Waals surface area (Å²) in [6.45, 7) is 2.23. The number of hydrogen-bond donors (Lipinski definition) is 0. The number of nitrogens with zero attached hydrogens (tertiary/aromatic N) is 1. The fourth-order valence-corrected chi connectivity index (χ4v) is 5.33. The summed E-state index contributed by atoms with van der Waals surface area (Å²) in [5.74, 6) is -1.12. The highest BCUT2D eigenvalue weighted by Gasteiger charge is 2.62. The number of carbonyl (C=O) groups excluding carboxylic acids is 2. The Morgan fingerprint density at radius 3 is 2.33 bits per heavy atom. The van der Waals surface area contributed by atoms with Gasteiger partial charge in [0.2, 0.25) is 0 Å². The van der Waals surface area contributed by atoms with Crippen LogP contribution in [0, 0.1) is 0 Å². The maximum atomic E-state index is 13.1. The van der Waals surface area contributed by atoms with Crippen molar-refractivity contribution < 1.29 is 23.8 Å². The van der Waals surface area contributed by atoms with Crippen LogP contribution in [0.1, 0.15) is 76.2 Å². The summed E-state index contributed by atoms with van der Waals surface area (Å²) in [4.78, 5) is 27.8.